The molecule has 1 fully saturated rings. The summed E-state index contributed by atoms with van der Waals surface area (Å²) in [6, 6.07) is 3.74. The molecular weight excluding hydrogens is 292 g/mol. The summed E-state index contributed by atoms with van der Waals surface area (Å²) in [6.45, 7) is 1.57. The Kier molecular flexibility index (Phi) is 3.76. The van der Waals surface area contributed by atoms with Gasteiger partial charge in [0.2, 0.25) is 0 Å². The van der Waals surface area contributed by atoms with Crippen LogP contribution in [0.2, 0.25) is 0 Å². The Morgan fingerprint density at radius 3 is 2.76 bits per heavy atom. The van der Waals surface area contributed by atoms with Gasteiger partial charge in [0.25, 0.3) is 0 Å². The van der Waals surface area contributed by atoms with E-state index < -0.39 is 24.4 Å². The van der Waals surface area contributed by atoms with E-state index in [1.807, 2.05) is 13.0 Å². The van der Waals surface area contributed by atoms with Crippen molar-refractivity contribution in [3.05, 3.63) is 34.1 Å². The standard InChI is InChI=1S/C14H16N2O4S/c1-6-2-7-3-8(14(21)16-13(7)15-4-6)12-11(19)10(18)9(5-17)20-12/h2-4,9-12,17-19H,5H2,1H3,(H,15,16,21)/t9-,10?,11?,12+/m1/s1. The zero-order chi connectivity index (χ0) is 15.1. The molecule has 0 spiro atoms. The lowest BCUT2D eigenvalue weighted by Crippen LogP contribution is -2.32. The molecule has 0 aliphatic carbocycles. The van der Waals surface area contributed by atoms with E-state index in [-0.39, 0.29) is 6.61 Å². The zero-order valence-electron chi connectivity index (χ0n) is 11.4. The Morgan fingerprint density at radius 2 is 2.10 bits per heavy atom. The third-order valence-corrected chi connectivity index (χ3v) is 4.05. The fourth-order valence-corrected chi connectivity index (χ4v) is 2.86. The number of nitrogens with zero attached hydrogens (tertiary/aromatic N) is 1. The summed E-state index contributed by atoms with van der Waals surface area (Å²) < 4.78 is 5.92. The van der Waals surface area contributed by atoms with Gasteiger partial charge in [-0.05, 0) is 24.6 Å². The fourth-order valence-electron chi connectivity index (χ4n) is 2.59. The van der Waals surface area contributed by atoms with Gasteiger partial charge >= 0.3 is 0 Å². The highest BCUT2D eigenvalue weighted by Crippen LogP contribution is 2.34. The molecule has 21 heavy (non-hydrogen) atoms. The van der Waals surface area contributed by atoms with E-state index in [2.05, 4.69) is 9.97 Å². The number of aryl methyl sites for hydroxylation is 1. The number of aliphatic hydroxyl groups is 3. The summed E-state index contributed by atoms with van der Waals surface area (Å²) in [4.78, 5) is 7.26. The Balaban J connectivity index is 2.08. The van der Waals surface area contributed by atoms with Crippen molar-refractivity contribution in [3.8, 4) is 0 Å². The number of aliphatic hydroxyl groups excluding tert-OH is 3. The molecule has 2 aromatic rings. The van der Waals surface area contributed by atoms with E-state index in [0.29, 0.717) is 15.9 Å². The summed E-state index contributed by atoms with van der Waals surface area (Å²) in [5, 5.41) is 29.9. The Morgan fingerprint density at radius 1 is 1.33 bits per heavy atom. The molecular formula is C14H16N2O4S. The Labute approximate surface area is 126 Å². The largest absolute Gasteiger partial charge is 0.394 e. The number of H-pyrrole nitrogens is 1. The highest BCUT2D eigenvalue weighted by Gasteiger charge is 2.43. The maximum absolute atomic E-state index is 10.1. The van der Waals surface area contributed by atoms with Crippen LogP contribution in [0.1, 0.15) is 17.2 Å². The van der Waals surface area contributed by atoms with Gasteiger partial charge in [-0.2, -0.15) is 0 Å². The summed E-state index contributed by atoms with van der Waals surface area (Å²) in [6.07, 6.45) is -2.12. The number of hydrogen-bond acceptors (Lipinski definition) is 6. The van der Waals surface area contributed by atoms with Gasteiger partial charge in [-0.25, -0.2) is 4.98 Å². The maximum Gasteiger partial charge on any atom is 0.138 e. The second kappa shape index (κ2) is 5.43. The van der Waals surface area contributed by atoms with Crippen LogP contribution in [-0.2, 0) is 4.74 Å². The molecule has 2 aromatic heterocycles. The first-order valence-corrected chi connectivity index (χ1v) is 7.04. The van der Waals surface area contributed by atoms with Gasteiger partial charge in [0.05, 0.1) is 6.61 Å². The van der Waals surface area contributed by atoms with Crippen LogP contribution in [0.3, 0.4) is 0 Å². The van der Waals surface area contributed by atoms with Crippen molar-refractivity contribution in [2.24, 2.45) is 0 Å². The number of rotatable bonds is 2. The predicted octanol–water partition coefficient (Wildman–Crippen LogP) is 0.755. The number of ether oxygens (including phenoxy) is 1. The van der Waals surface area contributed by atoms with Crippen molar-refractivity contribution in [1.29, 1.82) is 0 Å². The van der Waals surface area contributed by atoms with Crippen LogP contribution in [0.4, 0.5) is 0 Å². The second-order valence-corrected chi connectivity index (χ2v) is 5.67. The molecule has 0 aromatic carbocycles. The third-order valence-electron chi connectivity index (χ3n) is 3.71. The molecule has 4 N–H and O–H groups in total. The third kappa shape index (κ3) is 2.47. The molecule has 6 nitrogen and oxygen atoms in total. The van der Waals surface area contributed by atoms with Crippen LogP contribution < -0.4 is 0 Å². The van der Waals surface area contributed by atoms with E-state index in [1.165, 1.54) is 0 Å². The number of nitrogens with one attached hydrogen (secondary N) is 1. The van der Waals surface area contributed by atoms with Crippen molar-refractivity contribution in [1.82, 2.24) is 9.97 Å². The SMILES string of the molecule is Cc1cnc2[nH]c(=S)c([C@@H]3O[C@H](CO)C(O)C3O)cc2c1. The molecule has 0 radical (unpaired) electrons. The lowest BCUT2D eigenvalue weighted by molar-refractivity contribution is -0.0229. The van der Waals surface area contributed by atoms with Gasteiger partial charge in [-0.3, -0.25) is 0 Å². The van der Waals surface area contributed by atoms with Gasteiger partial charge in [0.1, 0.15) is 34.7 Å². The van der Waals surface area contributed by atoms with E-state index in [1.54, 1.807) is 12.3 Å². The highest BCUT2D eigenvalue weighted by molar-refractivity contribution is 7.71. The molecule has 1 aliphatic rings. The van der Waals surface area contributed by atoms with Crippen molar-refractivity contribution >= 4 is 23.3 Å². The lowest BCUT2D eigenvalue weighted by Gasteiger charge is -2.15. The molecule has 1 saturated heterocycles. The number of pyridine rings is 2. The molecule has 1 aliphatic heterocycles. The average Bonchev–Trinajstić information content (AvgIpc) is 2.75. The molecule has 0 saturated carbocycles. The van der Waals surface area contributed by atoms with E-state index in [4.69, 9.17) is 22.1 Å². The fraction of sp³-hybridized carbons (Fsp3) is 0.429. The van der Waals surface area contributed by atoms with Gasteiger partial charge in [0, 0.05) is 17.1 Å². The van der Waals surface area contributed by atoms with E-state index >= 15 is 0 Å². The van der Waals surface area contributed by atoms with Crippen molar-refractivity contribution in [2.45, 2.75) is 31.3 Å². The molecule has 4 atom stereocenters. The molecule has 0 bridgehead atoms. The van der Waals surface area contributed by atoms with Crippen molar-refractivity contribution < 1.29 is 20.1 Å². The molecule has 3 heterocycles. The van der Waals surface area contributed by atoms with Crippen LogP contribution in [0.15, 0.2) is 18.3 Å². The van der Waals surface area contributed by atoms with Gasteiger partial charge in [0.15, 0.2) is 0 Å². The van der Waals surface area contributed by atoms with E-state index in [9.17, 15) is 10.2 Å². The normalized spacial score (nSPS) is 29.1. The molecule has 0 amide bonds. The van der Waals surface area contributed by atoms with Crippen LogP contribution in [0.25, 0.3) is 11.0 Å². The van der Waals surface area contributed by atoms with Gasteiger partial charge in [-0.1, -0.05) is 12.2 Å². The monoisotopic (exact) mass is 308 g/mol. The highest BCUT2D eigenvalue weighted by atomic mass is 32.1. The van der Waals surface area contributed by atoms with E-state index in [0.717, 1.165) is 10.9 Å². The predicted molar refractivity (Wildman–Crippen MR) is 78.4 cm³/mol. The minimum Gasteiger partial charge on any atom is -0.394 e. The minimum absolute atomic E-state index is 0.362. The van der Waals surface area contributed by atoms with Crippen molar-refractivity contribution in [2.75, 3.05) is 6.61 Å². The summed E-state index contributed by atoms with van der Waals surface area (Å²) in [7, 11) is 0. The van der Waals surface area contributed by atoms with Crippen LogP contribution >= 0.6 is 12.2 Å². The first-order valence-electron chi connectivity index (χ1n) is 6.63. The topological polar surface area (TPSA) is 98.6 Å². The quantitative estimate of drug-likeness (QED) is 0.611. The first-order chi connectivity index (χ1) is 10.0. The Hall–Kier alpha value is -1.38. The van der Waals surface area contributed by atoms with Crippen molar-refractivity contribution in [3.63, 3.8) is 0 Å². The molecule has 7 heteroatoms. The molecule has 2 unspecified atom stereocenters. The summed E-state index contributed by atoms with van der Waals surface area (Å²) >= 11 is 5.28. The maximum atomic E-state index is 10.1. The number of hydrogen-bond donors (Lipinski definition) is 4. The number of fused-ring (bicyclic) bond motifs is 1. The Bertz CT molecular complexity index is 732. The van der Waals surface area contributed by atoms with Gasteiger partial charge < -0.3 is 25.0 Å². The molecule has 3 rings (SSSR count). The molecule has 112 valence electrons. The van der Waals surface area contributed by atoms with Crippen LogP contribution in [0, 0.1) is 11.6 Å². The summed E-state index contributed by atoms with van der Waals surface area (Å²) in [5.74, 6) is 0. The van der Waals surface area contributed by atoms with Gasteiger partial charge in [-0.15, -0.1) is 0 Å². The lowest BCUT2D eigenvalue weighted by atomic mass is 10.0. The zero-order valence-corrected chi connectivity index (χ0v) is 12.2. The number of aromatic nitrogens is 2. The van der Waals surface area contributed by atoms with Crippen LogP contribution in [-0.4, -0.2) is 50.2 Å². The summed E-state index contributed by atoms with van der Waals surface area (Å²) in [5.41, 5.74) is 2.23. The van der Waals surface area contributed by atoms with Crippen LogP contribution in [0.5, 0.6) is 0 Å². The first kappa shape index (κ1) is 14.6. The number of aromatic amines is 1. The second-order valence-electron chi connectivity index (χ2n) is 5.26. The minimum atomic E-state index is -1.14. The smallest absolute Gasteiger partial charge is 0.138 e. The average molecular weight is 308 g/mol.